The lowest BCUT2D eigenvalue weighted by molar-refractivity contribution is -0.129. The maximum absolute atomic E-state index is 12.8. The molecule has 156 valence electrons. The molecule has 1 aromatic heterocycles. The summed E-state index contributed by atoms with van der Waals surface area (Å²) in [6.45, 7) is 4.26. The molecule has 7 heteroatoms. The van der Waals surface area contributed by atoms with Crippen LogP contribution in [0.25, 0.3) is 22.2 Å². The van der Waals surface area contributed by atoms with E-state index in [1.54, 1.807) is 23.6 Å². The minimum Gasteiger partial charge on any atom is -0.450 e. The van der Waals surface area contributed by atoms with Crippen molar-refractivity contribution in [3.63, 3.8) is 0 Å². The molecule has 0 spiro atoms. The van der Waals surface area contributed by atoms with Crippen LogP contribution in [0, 0.1) is 0 Å². The number of carbonyl (C=O) groups is 2. The first-order valence-corrected chi connectivity index (χ1v) is 11.1. The second-order valence-corrected chi connectivity index (χ2v) is 8.08. The minimum absolute atomic E-state index is 0.0906. The third-order valence-electron chi connectivity index (χ3n) is 5.22. The van der Waals surface area contributed by atoms with Gasteiger partial charge in [-0.25, -0.2) is 4.79 Å². The number of hydrogen-bond acceptors (Lipinski definition) is 4. The van der Waals surface area contributed by atoms with E-state index in [-0.39, 0.29) is 12.0 Å². The van der Waals surface area contributed by atoms with Crippen molar-refractivity contribution in [1.82, 2.24) is 14.8 Å². The van der Waals surface area contributed by atoms with Gasteiger partial charge in [0.05, 0.1) is 18.1 Å². The molecule has 6 nitrogen and oxygen atoms in total. The van der Waals surface area contributed by atoms with Crippen molar-refractivity contribution in [2.45, 2.75) is 11.8 Å². The number of thioether (sulfide) groups is 1. The monoisotopic (exact) mass is 423 g/mol. The molecule has 1 fully saturated rings. The van der Waals surface area contributed by atoms with Gasteiger partial charge in [0, 0.05) is 42.0 Å². The van der Waals surface area contributed by atoms with Crippen molar-refractivity contribution >= 4 is 34.7 Å². The van der Waals surface area contributed by atoms with Gasteiger partial charge in [0.2, 0.25) is 5.91 Å². The third kappa shape index (κ3) is 4.31. The number of aromatic nitrogens is 1. The Kier molecular flexibility index (Phi) is 6.28. The zero-order valence-corrected chi connectivity index (χ0v) is 17.8. The van der Waals surface area contributed by atoms with E-state index in [9.17, 15) is 9.59 Å². The molecular weight excluding hydrogens is 398 g/mol. The van der Waals surface area contributed by atoms with Crippen LogP contribution in [0.5, 0.6) is 0 Å². The number of nitrogens with zero attached hydrogens (tertiary/aromatic N) is 2. The van der Waals surface area contributed by atoms with Crippen LogP contribution in [0.1, 0.15) is 6.92 Å². The van der Waals surface area contributed by atoms with Gasteiger partial charge in [-0.3, -0.25) is 4.79 Å². The molecule has 1 N–H and O–H groups in total. The second kappa shape index (κ2) is 9.26. The fourth-order valence-corrected chi connectivity index (χ4v) is 4.75. The van der Waals surface area contributed by atoms with Crippen LogP contribution in [0.15, 0.2) is 59.5 Å². The van der Waals surface area contributed by atoms with Crippen molar-refractivity contribution in [2.75, 3.05) is 38.5 Å². The molecule has 1 aliphatic rings. The number of H-pyrrole nitrogens is 1. The molecule has 1 saturated heterocycles. The highest BCUT2D eigenvalue weighted by molar-refractivity contribution is 8.00. The first-order chi connectivity index (χ1) is 14.7. The van der Waals surface area contributed by atoms with Crippen LogP contribution in [-0.4, -0.2) is 65.3 Å². The lowest BCUT2D eigenvalue weighted by Crippen LogP contribution is -2.51. The van der Waals surface area contributed by atoms with Crippen molar-refractivity contribution in [2.24, 2.45) is 0 Å². The first kappa shape index (κ1) is 20.3. The summed E-state index contributed by atoms with van der Waals surface area (Å²) in [5.74, 6) is 0.453. The Bertz CT molecular complexity index is 1030. The number of nitrogens with one attached hydrogen (secondary N) is 1. The van der Waals surface area contributed by atoms with Gasteiger partial charge in [-0.1, -0.05) is 48.5 Å². The summed E-state index contributed by atoms with van der Waals surface area (Å²) in [6, 6.07) is 18.4. The zero-order valence-electron chi connectivity index (χ0n) is 17.0. The Morgan fingerprint density at radius 3 is 2.37 bits per heavy atom. The molecule has 2 heterocycles. The van der Waals surface area contributed by atoms with Gasteiger partial charge >= 0.3 is 6.09 Å². The lowest BCUT2D eigenvalue weighted by Gasteiger charge is -2.34. The average Bonchev–Trinajstić information content (AvgIpc) is 3.17. The smallest absolute Gasteiger partial charge is 0.409 e. The van der Waals surface area contributed by atoms with E-state index in [1.165, 1.54) is 0 Å². The SMILES string of the molecule is CCOC(=O)N1CCN(C(=O)CSc2c(-c3ccccc3)[nH]c3ccccc23)CC1. The summed E-state index contributed by atoms with van der Waals surface area (Å²) in [5.41, 5.74) is 3.21. The van der Waals surface area contributed by atoms with Crippen LogP contribution in [-0.2, 0) is 9.53 Å². The number of carbonyl (C=O) groups excluding carboxylic acids is 2. The van der Waals surface area contributed by atoms with Crippen molar-refractivity contribution in [3.8, 4) is 11.3 Å². The van der Waals surface area contributed by atoms with Gasteiger partial charge in [0.1, 0.15) is 0 Å². The first-order valence-electron chi connectivity index (χ1n) is 10.2. The standard InChI is InChI=1S/C23H25N3O3S/c1-2-29-23(28)26-14-12-25(13-15-26)20(27)16-30-22-18-10-6-7-11-19(18)24-21(22)17-8-4-3-5-9-17/h3-11,24H,2,12-16H2,1H3. The van der Waals surface area contributed by atoms with E-state index >= 15 is 0 Å². The highest BCUT2D eigenvalue weighted by atomic mass is 32.2. The van der Waals surface area contributed by atoms with Crippen LogP contribution < -0.4 is 0 Å². The summed E-state index contributed by atoms with van der Waals surface area (Å²) < 4.78 is 5.05. The number of rotatable bonds is 5. The molecule has 2 amide bonds. The molecule has 3 aromatic rings. The Balaban J connectivity index is 1.45. The Morgan fingerprint density at radius 2 is 1.63 bits per heavy atom. The van der Waals surface area contributed by atoms with Crippen LogP contribution in [0.3, 0.4) is 0 Å². The van der Waals surface area contributed by atoms with Gasteiger partial charge in [-0.2, -0.15) is 0 Å². The minimum atomic E-state index is -0.301. The fourth-order valence-electron chi connectivity index (χ4n) is 3.65. The van der Waals surface area contributed by atoms with Gasteiger partial charge in [-0.15, -0.1) is 11.8 Å². The predicted octanol–water partition coefficient (Wildman–Crippen LogP) is 4.23. The molecule has 0 saturated carbocycles. The molecule has 1 aliphatic heterocycles. The third-order valence-corrected chi connectivity index (χ3v) is 6.32. The van der Waals surface area contributed by atoms with Gasteiger partial charge in [0.25, 0.3) is 0 Å². The van der Waals surface area contributed by atoms with Gasteiger partial charge < -0.3 is 19.5 Å². The highest BCUT2D eigenvalue weighted by Crippen LogP contribution is 2.37. The van der Waals surface area contributed by atoms with E-state index in [2.05, 4.69) is 29.2 Å². The molecular formula is C23H25N3O3S. The molecule has 0 aliphatic carbocycles. The molecule has 4 rings (SSSR count). The van der Waals surface area contributed by atoms with Crippen LogP contribution in [0.4, 0.5) is 4.79 Å². The van der Waals surface area contributed by atoms with Crippen molar-refractivity contribution in [3.05, 3.63) is 54.6 Å². The Hall–Kier alpha value is -2.93. The maximum atomic E-state index is 12.8. The molecule has 0 atom stereocenters. The van der Waals surface area contributed by atoms with Crippen LogP contribution in [0.2, 0.25) is 0 Å². The van der Waals surface area contributed by atoms with Gasteiger partial charge in [-0.05, 0) is 18.6 Å². The largest absolute Gasteiger partial charge is 0.450 e. The number of amides is 2. The average molecular weight is 424 g/mol. The number of fused-ring (bicyclic) bond motifs is 1. The normalized spacial score (nSPS) is 14.2. The quantitative estimate of drug-likeness (QED) is 0.624. The fraction of sp³-hybridized carbons (Fsp3) is 0.304. The molecule has 0 unspecified atom stereocenters. The number of piperazine rings is 1. The summed E-state index contributed by atoms with van der Waals surface area (Å²) in [7, 11) is 0. The number of hydrogen-bond donors (Lipinski definition) is 1. The number of benzene rings is 2. The topological polar surface area (TPSA) is 65.6 Å². The van der Waals surface area contributed by atoms with Gasteiger partial charge in [0.15, 0.2) is 0 Å². The van der Waals surface area contributed by atoms with E-state index < -0.39 is 0 Å². The Labute approximate surface area is 180 Å². The molecule has 0 radical (unpaired) electrons. The Morgan fingerprint density at radius 1 is 0.967 bits per heavy atom. The summed E-state index contributed by atoms with van der Waals surface area (Å²) >= 11 is 1.57. The number of aromatic amines is 1. The van der Waals surface area contributed by atoms with E-state index in [4.69, 9.17) is 4.74 Å². The predicted molar refractivity (Wildman–Crippen MR) is 120 cm³/mol. The second-order valence-electron chi connectivity index (χ2n) is 7.10. The maximum Gasteiger partial charge on any atom is 0.409 e. The summed E-state index contributed by atoms with van der Waals surface area (Å²) in [5, 5.41) is 1.13. The molecule has 30 heavy (non-hydrogen) atoms. The van der Waals surface area contributed by atoms with E-state index in [1.807, 2.05) is 35.2 Å². The molecule has 0 bridgehead atoms. The van der Waals surface area contributed by atoms with Crippen molar-refractivity contribution < 1.29 is 14.3 Å². The lowest BCUT2D eigenvalue weighted by atomic mass is 10.1. The zero-order chi connectivity index (χ0) is 20.9. The van der Waals surface area contributed by atoms with E-state index in [0.29, 0.717) is 38.5 Å². The molecule has 2 aromatic carbocycles. The van der Waals surface area contributed by atoms with Crippen molar-refractivity contribution in [1.29, 1.82) is 0 Å². The number of ether oxygens (including phenoxy) is 1. The summed E-state index contributed by atoms with van der Waals surface area (Å²) in [6.07, 6.45) is -0.301. The number of para-hydroxylation sites is 1. The van der Waals surface area contributed by atoms with E-state index in [0.717, 1.165) is 27.1 Å². The van der Waals surface area contributed by atoms with Crippen LogP contribution >= 0.6 is 11.8 Å². The highest BCUT2D eigenvalue weighted by Gasteiger charge is 2.25. The summed E-state index contributed by atoms with van der Waals surface area (Å²) in [4.78, 5) is 32.8.